The van der Waals surface area contributed by atoms with Gasteiger partial charge in [0.15, 0.2) is 0 Å². The van der Waals surface area contributed by atoms with Gasteiger partial charge in [-0.1, -0.05) is 62.3 Å². The molecular formula is C26H32N4S. The van der Waals surface area contributed by atoms with Crippen LogP contribution in [0.15, 0.2) is 37.0 Å². The summed E-state index contributed by atoms with van der Waals surface area (Å²) in [6.45, 7) is 12.0. The van der Waals surface area contributed by atoms with Gasteiger partial charge in [0.1, 0.15) is 15.4 Å². The van der Waals surface area contributed by atoms with Gasteiger partial charge >= 0.3 is 0 Å². The van der Waals surface area contributed by atoms with Crippen molar-refractivity contribution in [2.75, 3.05) is 11.4 Å². The van der Waals surface area contributed by atoms with E-state index in [1.54, 1.807) is 11.3 Å². The maximum Gasteiger partial charge on any atom is 0.145 e. The van der Waals surface area contributed by atoms with Gasteiger partial charge in [-0.25, -0.2) is 9.97 Å². The molecule has 1 spiro atoms. The lowest BCUT2D eigenvalue weighted by Gasteiger charge is -2.20. The molecule has 2 aromatic heterocycles. The average molecular weight is 433 g/mol. The molecule has 1 aliphatic heterocycles. The monoisotopic (exact) mass is 432 g/mol. The van der Waals surface area contributed by atoms with E-state index < -0.39 is 0 Å². The predicted molar refractivity (Wildman–Crippen MR) is 132 cm³/mol. The van der Waals surface area contributed by atoms with Gasteiger partial charge < -0.3 is 10.2 Å². The lowest BCUT2D eigenvalue weighted by atomic mass is 9.97. The first kappa shape index (κ1) is 20.5. The number of pyridine rings is 1. The van der Waals surface area contributed by atoms with E-state index in [0.717, 1.165) is 40.4 Å². The number of thiazole rings is 1. The van der Waals surface area contributed by atoms with Crippen molar-refractivity contribution in [2.45, 2.75) is 70.8 Å². The summed E-state index contributed by atoms with van der Waals surface area (Å²) in [4.78, 5) is 13.2. The number of nitrogens with one attached hydrogen (secondary N) is 1. The quantitative estimate of drug-likeness (QED) is 0.429. The standard InChI is InChI=1S/C26H32N4S/c1-5-7-19(8-6-2)28-18(4)24-29-23-22(11-14-27-25(23)31-24)30-16-26(12-13-26)20-15-17(3)9-10-21(20)30/h9-11,14-15,19,28H,4-8,12-13,16H2,1-3H3. The van der Waals surface area contributed by atoms with Gasteiger partial charge in [-0.2, -0.15) is 0 Å². The summed E-state index contributed by atoms with van der Waals surface area (Å²) >= 11 is 1.64. The highest BCUT2D eigenvalue weighted by Crippen LogP contribution is 2.58. The highest BCUT2D eigenvalue weighted by molar-refractivity contribution is 7.19. The number of fused-ring (bicyclic) bond motifs is 3. The molecule has 1 fully saturated rings. The van der Waals surface area contributed by atoms with Crippen molar-refractivity contribution in [3.8, 4) is 0 Å². The zero-order valence-corrected chi connectivity index (χ0v) is 19.7. The van der Waals surface area contributed by atoms with Crippen molar-refractivity contribution in [1.82, 2.24) is 15.3 Å². The Hall–Kier alpha value is -2.40. The van der Waals surface area contributed by atoms with Crippen molar-refractivity contribution >= 4 is 38.8 Å². The molecule has 5 rings (SSSR count). The van der Waals surface area contributed by atoms with E-state index >= 15 is 0 Å². The summed E-state index contributed by atoms with van der Waals surface area (Å²) in [7, 11) is 0. The molecule has 162 valence electrons. The minimum atomic E-state index is 0.342. The van der Waals surface area contributed by atoms with Gasteiger partial charge in [0.2, 0.25) is 0 Å². The van der Waals surface area contributed by atoms with Crippen LogP contribution < -0.4 is 10.2 Å². The van der Waals surface area contributed by atoms with Gasteiger partial charge in [0.25, 0.3) is 0 Å². The molecule has 0 atom stereocenters. The SMILES string of the molecule is C=C(NC(CCC)CCC)c1nc2c(N3CC4(CC4)c4cc(C)ccc43)ccnc2s1. The average Bonchev–Trinajstić information content (AvgIpc) is 3.28. The van der Waals surface area contributed by atoms with E-state index in [9.17, 15) is 0 Å². The third-order valence-corrected chi connectivity index (χ3v) is 7.83. The molecule has 0 amide bonds. The van der Waals surface area contributed by atoms with E-state index in [-0.39, 0.29) is 0 Å². The highest BCUT2D eigenvalue weighted by Gasteiger charge is 2.52. The summed E-state index contributed by atoms with van der Waals surface area (Å²) in [6.07, 6.45) is 9.16. The van der Waals surface area contributed by atoms with Crippen LogP contribution in [0.2, 0.25) is 0 Å². The van der Waals surface area contributed by atoms with Crippen LogP contribution in [0.1, 0.15) is 68.5 Å². The first-order chi connectivity index (χ1) is 15.0. The summed E-state index contributed by atoms with van der Waals surface area (Å²) in [5.74, 6) is 0. The Labute approximate surface area is 189 Å². The van der Waals surface area contributed by atoms with Crippen LogP contribution in [0.5, 0.6) is 0 Å². The molecule has 2 aliphatic rings. The predicted octanol–water partition coefficient (Wildman–Crippen LogP) is 6.71. The third-order valence-electron chi connectivity index (χ3n) is 6.81. The molecule has 1 saturated carbocycles. The van der Waals surface area contributed by atoms with E-state index in [0.29, 0.717) is 11.5 Å². The molecule has 3 aromatic rings. The Morgan fingerprint density at radius 1 is 1.19 bits per heavy atom. The molecule has 1 aliphatic carbocycles. The second-order valence-corrected chi connectivity index (χ2v) is 10.3. The minimum Gasteiger partial charge on any atom is -0.380 e. The number of hydrogen-bond acceptors (Lipinski definition) is 5. The Kier molecular flexibility index (Phi) is 5.25. The molecule has 0 unspecified atom stereocenters. The zero-order valence-electron chi connectivity index (χ0n) is 18.9. The van der Waals surface area contributed by atoms with Crippen molar-refractivity contribution in [1.29, 1.82) is 0 Å². The number of anilines is 2. The van der Waals surface area contributed by atoms with Crippen LogP contribution in [0.25, 0.3) is 16.0 Å². The number of aryl methyl sites for hydroxylation is 1. The Bertz CT molecular complexity index is 1120. The summed E-state index contributed by atoms with van der Waals surface area (Å²) in [5, 5.41) is 4.60. The maximum atomic E-state index is 5.04. The molecule has 31 heavy (non-hydrogen) atoms. The normalized spacial score (nSPS) is 16.3. The van der Waals surface area contributed by atoms with E-state index in [1.165, 1.54) is 48.2 Å². The smallest absolute Gasteiger partial charge is 0.145 e. The molecule has 5 heteroatoms. The molecule has 1 N–H and O–H groups in total. The topological polar surface area (TPSA) is 41.1 Å². The summed E-state index contributed by atoms with van der Waals surface area (Å²) < 4.78 is 0. The molecule has 4 nitrogen and oxygen atoms in total. The molecule has 3 heterocycles. The van der Waals surface area contributed by atoms with Crippen molar-refractivity contribution in [3.63, 3.8) is 0 Å². The van der Waals surface area contributed by atoms with Gasteiger partial charge in [0.05, 0.1) is 11.4 Å². The number of hydrogen-bond donors (Lipinski definition) is 1. The minimum absolute atomic E-state index is 0.342. The first-order valence-corrected chi connectivity index (χ1v) is 12.5. The number of benzene rings is 1. The van der Waals surface area contributed by atoms with Gasteiger partial charge in [-0.05, 0) is 50.3 Å². The van der Waals surface area contributed by atoms with Crippen LogP contribution >= 0.6 is 11.3 Å². The lowest BCUT2D eigenvalue weighted by molar-refractivity contribution is 0.502. The fourth-order valence-electron chi connectivity index (χ4n) is 5.04. The Morgan fingerprint density at radius 2 is 1.97 bits per heavy atom. The first-order valence-electron chi connectivity index (χ1n) is 11.6. The second-order valence-electron chi connectivity index (χ2n) is 9.29. The van der Waals surface area contributed by atoms with Crippen LogP contribution in [0.4, 0.5) is 11.4 Å². The molecule has 0 bridgehead atoms. The third kappa shape index (κ3) is 3.63. The van der Waals surface area contributed by atoms with Crippen LogP contribution in [0, 0.1) is 6.92 Å². The highest BCUT2D eigenvalue weighted by atomic mass is 32.1. The maximum absolute atomic E-state index is 5.04. The van der Waals surface area contributed by atoms with Crippen molar-refractivity contribution in [3.05, 3.63) is 53.2 Å². The molecule has 0 radical (unpaired) electrons. The fourth-order valence-corrected chi connectivity index (χ4v) is 5.90. The summed E-state index contributed by atoms with van der Waals surface area (Å²) in [6, 6.07) is 9.50. The van der Waals surface area contributed by atoms with Gasteiger partial charge in [-0.3, -0.25) is 0 Å². The fraction of sp³-hybridized carbons (Fsp3) is 0.462. The number of rotatable bonds is 8. The second kappa shape index (κ2) is 7.94. The van der Waals surface area contributed by atoms with Crippen molar-refractivity contribution in [2.24, 2.45) is 0 Å². The van der Waals surface area contributed by atoms with Crippen molar-refractivity contribution < 1.29 is 0 Å². The van der Waals surface area contributed by atoms with Crippen LogP contribution in [0.3, 0.4) is 0 Å². The van der Waals surface area contributed by atoms with Crippen LogP contribution in [-0.4, -0.2) is 22.6 Å². The van der Waals surface area contributed by atoms with Gasteiger partial charge in [0, 0.05) is 29.9 Å². The molecular weight excluding hydrogens is 400 g/mol. The lowest BCUT2D eigenvalue weighted by Crippen LogP contribution is -2.27. The Balaban J connectivity index is 1.48. The largest absolute Gasteiger partial charge is 0.380 e. The molecule has 0 saturated heterocycles. The number of nitrogens with zero attached hydrogens (tertiary/aromatic N) is 3. The van der Waals surface area contributed by atoms with E-state index in [1.807, 2.05) is 6.20 Å². The van der Waals surface area contributed by atoms with E-state index in [4.69, 9.17) is 4.98 Å². The van der Waals surface area contributed by atoms with E-state index in [2.05, 4.69) is 66.8 Å². The van der Waals surface area contributed by atoms with Crippen LogP contribution in [-0.2, 0) is 5.41 Å². The summed E-state index contributed by atoms with van der Waals surface area (Å²) in [5.41, 5.74) is 7.64. The van der Waals surface area contributed by atoms with Gasteiger partial charge in [-0.15, -0.1) is 0 Å². The zero-order chi connectivity index (χ0) is 21.6. The molecule has 1 aromatic carbocycles. The Morgan fingerprint density at radius 3 is 2.68 bits per heavy atom. The number of aromatic nitrogens is 2.